The van der Waals surface area contributed by atoms with Gasteiger partial charge >= 0.3 is 12.1 Å². The Morgan fingerprint density at radius 1 is 1.22 bits per heavy atom. The number of pyridine rings is 2. The van der Waals surface area contributed by atoms with Crippen molar-refractivity contribution < 1.29 is 22.7 Å². The highest BCUT2D eigenvalue weighted by atomic mass is 19.4. The maximum absolute atomic E-state index is 12.6. The predicted molar refractivity (Wildman–Crippen MR) is 74.8 cm³/mol. The fourth-order valence-corrected chi connectivity index (χ4v) is 2.14. The Hall–Kier alpha value is -2.90. The summed E-state index contributed by atoms with van der Waals surface area (Å²) in [6.07, 6.45) is -0.630. The van der Waals surface area contributed by atoms with Crippen LogP contribution in [0.25, 0.3) is 16.8 Å². The minimum Gasteiger partial charge on any atom is -0.465 e. The average Bonchev–Trinajstić information content (AvgIpc) is 2.96. The molecular weight excluding hydrogens is 311 g/mol. The van der Waals surface area contributed by atoms with Gasteiger partial charge in [-0.1, -0.05) is 0 Å². The maximum atomic E-state index is 12.6. The van der Waals surface area contributed by atoms with Gasteiger partial charge in [0.05, 0.1) is 35.6 Å². The lowest BCUT2D eigenvalue weighted by Crippen LogP contribution is -2.05. The van der Waals surface area contributed by atoms with Gasteiger partial charge < -0.3 is 4.74 Å². The monoisotopic (exact) mass is 321 g/mol. The molecule has 8 heteroatoms. The van der Waals surface area contributed by atoms with Crippen LogP contribution in [-0.2, 0) is 10.9 Å². The number of alkyl halides is 3. The van der Waals surface area contributed by atoms with Gasteiger partial charge in [-0.3, -0.25) is 4.98 Å². The number of ether oxygens (including phenoxy) is 1. The van der Waals surface area contributed by atoms with Crippen molar-refractivity contribution in [3.63, 3.8) is 0 Å². The van der Waals surface area contributed by atoms with E-state index in [1.54, 1.807) is 12.3 Å². The fraction of sp³-hybridized carbons (Fsp3) is 0.133. The second kappa shape index (κ2) is 5.38. The molecule has 0 saturated heterocycles. The first-order valence-corrected chi connectivity index (χ1v) is 6.49. The van der Waals surface area contributed by atoms with Crippen molar-refractivity contribution in [1.82, 2.24) is 14.6 Å². The normalized spacial score (nSPS) is 11.7. The molecule has 5 nitrogen and oxygen atoms in total. The Kier molecular flexibility index (Phi) is 3.51. The molecule has 0 amide bonds. The highest BCUT2D eigenvalue weighted by Crippen LogP contribution is 2.30. The van der Waals surface area contributed by atoms with Crippen molar-refractivity contribution in [1.29, 1.82) is 0 Å². The Balaban J connectivity index is 2.07. The standard InChI is InChI=1S/C15H10F3N3O2/c1-23-14(22)9-4-5-21-13(6-9)11(8-20-21)12-3-2-10(7-19-12)15(16,17)18/h2-8H,1H3. The summed E-state index contributed by atoms with van der Waals surface area (Å²) in [6.45, 7) is 0. The van der Waals surface area contributed by atoms with Gasteiger partial charge in [-0.15, -0.1) is 0 Å². The van der Waals surface area contributed by atoms with E-state index in [4.69, 9.17) is 0 Å². The third-order valence-electron chi connectivity index (χ3n) is 3.31. The second-order valence-corrected chi connectivity index (χ2v) is 4.72. The molecule has 0 aliphatic rings. The Bertz CT molecular complexity index is 870. The lowest BCUT2D eigenvalue weighted by atomic mass is 10.1. The molecule has 0 unspecified atom stereocenters. The number of hydrogen-bond donors (Lipinski definition) is 0. The van der Waals surface area contributed by atoms with Crippen LogP contribution in [-0.4, -0.2) is 27.7 Å². The molecule has 3 rings (SSSR count). The van der Waals surface area contributed by atoms with E-state index in [9.17, 15) is 18.0 Å². The molecule has 3 aromatic heterocycles. The molecule has 0 aliphatic carbocycles. The van der Waals surface area contributed by atoms with Gasteiger partial charge in [-0.25, -0.2) is 9.31 Å². The molecule has 0 N–H and O–H groups in total. The number of rotatable bonds is 2. The summed E-state index contributed by atoms with van der Waals surface area (Å²) in [5, 5.41) is 4.09. The molecule has 3 heterocycles. The van der Waals surface area contributed by atoms with E-state index < -0.39 is 17.7 Å². The first kappa shape index (κ1) is 15.0. The average molecular weight is 321 g/mol. The Labute approximate surface area is 128 Å². The second-order valence-electron chi connectivity index (χ2n) is 4.72. The highest BCUT2D eigenvalue weighted by Gasteiger charge is 2.30. The predicted octanol–water partition coefficient (Wildman–Crippen LogP) is 3.20. The topological polar surface area (TPSA) is 56.5 Å². The van der Waals surface area contributed by atoms with Gasteiger partial charge in [-0.2, -0.15) is 18.3 Å². The van der Waals surface area contributed by atoms with E-state index in [2.05, 4.69) is 14.8 Å². The maximum Gasteiger partial charge on any atom is 0.417 e. The quantitative estimate of drug-likeness (QED) is 0.680. The van der Waals surface area contributed by atoms with Crippen LogP contribution in [0.1, 0.15) is 15.9 Å². The van der Waals surface area contributed by atoms with Crippen molar-refractivity contribution in [3.05, 3.63) is 54.0 Å². The smallest absolute Gasteiger partial charge is 0.417 e. The molecule has 0 aliphatic heterocycles. The number of esters is 1. The lowest BCUT2D eigenvalue weighted by molar-refractivity contribution is -0.137. The first-order valence-electron chi connectivity index (χ1n) is 6.49. The summed E-state index contributed by atoms with van der Waals surface area (Å²) in [4.78, 5) is 15.4. The number of nitrogens with zero attached hydrogens (tertiary/aromatic N) is 3. The molecule has 0 aromatic carbocycles. The van der Waals surface area contributed by atoms with Crippen LogP contribution in [0.3, 0.4) is 0 Å². The molecule has 0 atom stereocenters. The summed E-state index contributed by atoms with van der Waals surface area (Å²) in [7, 11) is 1.27. The zero-order valence-corrected chi connectivity index (χ0v) is 11.8. The van der Waals surface area contributed by atoms with Crippen molar-refractivity contribution in [2.75, 3.05) is 7.11 Å². The molecule has 0 radical (unpaired) electrons. The third kappa shape index (κ3) is 2.75. The van der Waals surface area contributed by atoms with Crippen molar-refractivity contribution in [2.24, 2.45) is 0 Å². The van der Waals surface area contributed by atoms with Crippen LogP contribution in [0.2, 0.25) is 0 Å². The molecule has 23 heavy (non-hydrogen) atoms. The van der Waals surface area contributed by atoms with Crippen molar-refractivity contribution in [2.45, 2.75) is 6.18 Å². The number of carbonyl (C=O) groups is 1. The lowest BCUT2D eigenvalue weighted by Gasteiger charge is -2.06. The van der Waals surface area contributed by atoms with Crippen LogP contribution in [0.4, 0.5) is 13.2 Å². The van der Waals surface area contributed by atoms with Crippen LogP contribution in [0, 0.1) is 0 Å². The molecular formula is C15H10F3N3O2. The van der Waals surface area contributed by atoms with Gasteiger partial charge in [-0.05, 0) is 24.3 Å². The zero-order chi connectivity index (χ0) is 16.6. The van der Waals surface area contributed by atoms with Gasteiger partial charge in [0.1, 0.15) is 0 Å². The molecule has 0 bridgehead atoms. The largest absolute Gasteiger partial charge is 0.465 e. The first-order chi connectivity index (χ1) is 10.9. The van der Waals surface area contributed by atoms with E-state index in [1.807, 2.05) is 0 Å². The zero-order valence-electron chi connectivity index (χ0n) is 11.8. The summed E-state index contributed by atoms with van der Waals surface area (Å²) in [5.74, 6) is -0.514. The number of fused-ring (bicyclic) bond motifs is 1. The SMILES string of the molecule is COC(=O)c1ccn2ncc(-c3ccc(C(F)(F)F)cn3)c2c1. The number of hydrogen-bond acceptors (Lipinski definition) is 4. The third-order valence-corrected chi connectivity index (χ3v) is 3.31. The minimum absolute atomic E-state index is 0.314. The van der Waals surface area contributed by atoms with Gasteiger partial charge in [0.15, 0.2) is 0 Å². The number of methoxy groups -OCH3 is 1. The van der Waals surface area contributed by atoms with E-state index >= 15 is 0 Å². The van der Waals surface area contributed by atoms with Crippen LogP contribution in [0.15, 0.2) is 42.9 Å². The van der Waals surface area contributed by atoms with E-state index in [1.165, 1.54) is 30.0 Å². The summed E-state index contributed by atoms with van der Waals surface area (Å²) in [6, 6.07) is 5.31. The van der Waals surface area contributed by atoms with Gasteiger partial charge in [0, 0.05) is 18.0 Å². The van der Waals surface area contributed by atoms with E-state index in [0.717, 1.165) is 12.3 Å². The molecule has 0 fully saturated rings. The van der Waals surface area contributed by atoms with Crippen LogP contribution >= 0.6 is 0 Å². The molecule has 0 spiro atoms. The van der Waals surface area contributed by atoms with Gasteiger partial charge in [0.25, 0.3) is 0 Å². The van der Waals surface area contributed by atoms with E-state index in [-0.39, 0.29) is 0 Å². The fourth-order valence-electron chi connectivity index (χ4n) is 2.14. The van der Waals surface area contributed by atoms with E-state index in [0.29, 0.717) is 22.3 Å². The Morgan fingerprint density at radius 2 is 2.00 bits per heavy atom. The molecule has 0 saturated carbocycles. The number of carbonyl (C=O) groups excluding carboxylic acids is 1. The highest BCUT2D eigenvalue weighted by molar-refractivity contribution is 5.92. The molecule has 3 aromatic rings. The number of aromatic nitrogens is 3. The summed E-state index contributed by atoms with van der Waals surface area (Å²) >= 11 is 0. The van der Waals surface area contributed by atoms with Crippen LogP contribution < -0.4 is 0 Å². The van der Waals surface area contributed by atoms with Crippen LogP contribution in [0.5, 0.6) is 0 Å². The minimum atomic E-state index is -4.44. The summed E-state index contributed by atoms with van der Waals surface area (Å²) < 4.78 is 43.9. The Morgan fingerprint density at radius 3 is 2.61 bits per heavy atom. The number of halogens is 3. The van der Waals surface area contributed by atoms with Crippen molar-refractivity contribution >= 4 is 11.5 Å². The van der Waals surface area contributed by atoms with Gasteiger partial charge in [0.2, 0.25) is 0 Å². The molecule has 118 valence electrons. The van der Waals surface area contributed by atoms with Crippen molar-refractivity contribution in [3.8, 4) is 11.3 Å². The summed E-state index contributed by atoms with van der Waals surface area (Å²) in [5.41, 5.74) is 0.876.